The molecule has 1 N–H and O–H groups in total. The molecule has 1 heterocycles. The molecule has 0 aromatic heterocycles. The van der Waals surface area contributed by atoms with E-state index in [1.807, 2.05) is 6.07 Å². The number of carbonyl (C=O) groups is 2. The third-order valence-corrected chi connectivity index (χ3v) is 3.49. The van der Waals surface area contributed by atoms with Gasteiger partial charge in [-0.25, -0.2) is 9.80 Å². The molecule has 26 heavy (non-hydrogen) atoms. The lowest BCUT2D eigenvalue weighted by Crippen LogP contribution is -2.22. The minimum absolute atomic E-state index is 0.208. The number of carboxylic acid groups (broad SMARTS) is 1. The highest BCUT2D eigenvalue weighted by Crippen LogP contribution is 2.30. The van der Waals surface area contributed by atoms with Gasteiger partial charge >= 0.3 is 5.97 Å². The van der Waals surface area contributed by atoms with Gasteiger partial charge in [-0.3, -0.25) is 4.79 Å². The van der Waals surface area contributed by atoms with Crippen LogP contribution in [0.4, 0.5) is 0 Å². The Morgan fingerprint density at radius 1 is 1.38 bits per heavy atom. The van der Waals surface area contributed by atoms with Crippen molar-refractivity contribution in [2.45, 2.75) is 20.3 Å². The molecule has 1 aromatic carbocycles. The summed E-state index contributed by atoms with van der Waals surface area (Å²) in [5.74, 6) is -0.638. The number of amides is 1. The summed E-state index contributed by atoms with van der Waals surface area (Å²) in [5.41, 5.74) is 1.69. The molecule has 2 rings (SSSR count). The lowest BCUT2D eigenvalue weighted by Gasteiger charge is -2.12. The monoisotopic (exact) mass is 357 g/mol. The number of nitrogens with zero attached hydrogens (tertiary/aromatic N) is 3. The van der Waals surface area contributed by atoms with Crippen molar-refractivity contribution in [3.63, 3.8) is 0 Å². The summed E-state index contributed by atoms with van der Waals surface area (Å²) in [5, 5.41) is 22.8. The molecule has 0 saturated carbocycles. The fourth-order valence-corrected chi connectivity index (χ4v) is 2.36. The fourth-order valence-electron chi connectivity index (χ4n) is 2.36. The van der Waals surface area contributed by atoms with Crippen LogP contribution < -0.4 is 9.47 Å². The van der Waals surface area contributed by atoms with Gasteiger partial charge in [-0.15, -0.1) is 0 Å². The van der Waals surface area contributed by atoms with Crippen molar-refractivity contribution in [2.75, 3.05) is 19.8 Å². The number of aliphatic carboxylic acids is 1. The van der Waals surface area contributed by atoms with Gasteiger partial charge in [-0.05, 0) is 37.6 Å². The molecule has 0 aliphatic carbocycles. The van der Waals surface area contributed by atoms with Crippen molar-refractivity contribution in [3.8, 4) is 17.6 Å². The van der Waals surface area contributed by atoms with E-state index >= 15 is 0 Å². The van der Waals surface area contributed by atoms with Gasteiger partial charge < -0.3 is 14.6 Å². The van der Waals surface area contributed by atoms with Gasteiger partial charge in [-0.2, -0.15) is 10.4 Å². The Balaban J connectivity index is 2.26. The highest BCUT2D eigenvalue weighted by atomic mass is 16.5. The van der Waals surface area contributed by atoms with E-state index in [0.29, 0.717) is 35.0 Å². The van der Waals surface area contributed by atoms with Crippen LogP contribution in [0, 0.1) is 11.3 Å². The number of ether oxygens (including phenoxy) is 2. The predicted octanol–water partition coefficient (Wildman–Crippen LogP) is 2.06. The Morgan fingerprint density at radius 3 is 2.81 bits per heavy atom. The van der Waals surface area contributed by atoms with Crippen LogP contribution in [-0.4, -0.2) is 47.5 Å². The van der Waals surface area contributed by atoms with E-state index in [2.05, 4.69) is 5.10 Å². The quantitative estimate of drug-likeness (QED) is 0.713. The number of carbonyl (C=O) groups excluding carboxylic acids is 1. The van der Waals surface area contributed by atoms with Gasteiger partial charge in [0.1, 0.15) is 0 Å². The van der Waals surface area contributed by atoms with Gasteiger partial charge in [0.25, 0.3) is 5.91 Å². The highest BCUT2D eigenvalue weighted by molar-refractivity contribution is 6.26. The molecule has 0 saturated heterocycles. The van der Waals surface area contributed by atoms with Gasteiger partial charge in [-0.1, -0.05) is 6.07 Å². The topological polar surface area (TPSA) is 112 Å². The zero-order chi connectivity index (χ0) is 19.1. The average molecular weight is 357 g/mol. The highest BCUT2D eigenvalue weighted by Gasteiger charge is 2.27. The molecule has 0 unspecified atom stereocenters. The van der Waals surface area contributed by atoms with E-state index < -0.39 is 12.6 Å². The summed E-state index contributed by atoms with van der Waals surface area (Å²) in [6.45, 7) is 3.68. The van der Waals surface area contributed by atoms with E-state index in [4.69, 9.17) is 19.8 Å². The number of benzene rings is 1. The van der Waals surface area contributed by atoms with Gasteiger partial charge in [0, 0.05) is 0 Å². The first-order valence-corrected chi connectivity index (χ1v) is 8.03. The Morgan fingerprint density at radius 2 is 2.15 bits per heavy atom. The third-order valence-electron chi connectivity index (χ3n) is 3.49. The molecule has 136 valence electrons. The van der Waals surface area contributed by atoms with Crippen LogP contribution in [0.5, 0.6) is 11.5 Å². The van der Waals surface area contributed by atoms with Crippen LogP contribution in [0.15, 0.2) is 28.9 Å². The summed E-state index contributed by atoms with van der Waals surface area (Å²) < 4.78 is 10.7. The summed E-state index contributed by atoms with van der Waals surface area (Å²) >= 11 is 0. The van der Waals surface area contributed by atoms with E-state index in [1.165, 1.54) is 5.01 Å². The third kappa shape index (κ3) is 4.60. The van der Waals surface area contributed by atoms with Crippen molar-refractivity contribution in [1.82, 2.24) is 5.01 Å². The molecule has 1 aromatic rings. The van der Waals surface area contributed by atoms with E-state index in [1.54, 1.807) is 38.1 Å². The first-order chi connectivity index (χ1) is 12.5. The minimum atomic E-state index is -1.08. The van der Waals surface area contributed by atoms with Gasteiger partial charge in [0.2, 0.25) is 0 Å². The second-order valence-corrected chi connectivity index (χ2v) is 5.40. The summed E-state index contributed by atoms with van der Waals surface area (Å²) in [7, 11) is 0. The average Bonchev–Trinajstić information content (AvgIpc) is 2.87. The Bertz CT molecular complexity index is 808. The van der Waals surface area contributed by atoms with Crippen LogP contribution in [0.2, 0.25) is 0 Å². The number of nitriles is 1. The van der Waals surface area contributed by atoms with Gasteiger partial charge in [0.05, 0.1) is 36.9 Å². The van der Waals surface area contributed by atoms with Gasteiger partial charge in [0.15, 0.2) is 18.1 Å². The molecule has 1 amide bonds. The van der Waals surface area contributed by atoms with Crippen molar-refractivity contribution in [2.24, 2.45) is 5.10 Å². The molecular formula is C18H19N3O5. The summed E-state index contributed by atoms with van der Waals surface area (Å²) in [4.78, 5) is 23.1. The first kappa shape index (κ1) is 19.0. The maximum atomic E-state index is 12.4. The second kappa shape index (κ2) is 8.67. The van der Waals surface area contributed by atoms with E-state index in [9.17, 15) is 9.59 Å². The molecule has 0 fully saturated rings. The number of rotatable bonds is 8. The number of carboxylic acids is 1. The summed E-state index contributed by atoms with van der Waals surface area (Å²) in [6.07, 6.45) is 1.89. The van der Waals surface area contributed by atoms with Crippen LogP contribution in [0.25, 0.3) is 6.08 Å². The normalized spacial score (nSPS) is 15.0. The maximum Gasteiger partial charge on any atom is 0.341 e. The Kier molecular flexibility index (Phi) is 6.33. The number of hydrazone groups is 1. The number of hydrogen-bond acceptors (Lipinski definition) is 6. The Labute approximate surface area is 150 Å². The molecule has 0 bridgehead atoms. The molecule has 0 atom stereocenters. The molecular weight excluding hydrogens is 338 g/mol. The van der Waals surface area contributed by atoms with Crippen molar-refractivity contribution in [3.05, 3.63) is 29.3 Å². The lowest BCUT2D eigenvalue weighted by molar-refractivity contribution is -0.139. The maximum absolute atomic E-state index is 12.4. The smallest absolute Gasteiger partial charge is 0.341 e. The molecule has 1 aliphatic rings. The van der Waals surface area contributed by atoms with Crippen molar-refractivity contribution < 1.29 is 24.2 Å². The first-order valence-electron chi connectivity index (χ1n) is 8.03. The minimum Gasteiger partial charge on any atom is -0.490 e. The van der Waals surface area contributed by atoms with Crippen LogP contribution >= 0.6 is 0 Å². The molecule has 8 heteroatoms. The lowest BCUT2D eigenvalue weighted by atomic mass is 10.1. The van der Waals surface area contributed by atoms with Crippen LogP contribution in [-0.2, 0) is 9.59 Å². The van der Waals surface area contributed by atoms with Crippen LogP contribution in [0.1, 0.15) is 25.8 Å². The summed E-state index contributed by atoms with van der Waals surface area (Å²) in [6, 6.07) is 6.96. The van der Waals surface area contributed by atoms with Crippen LogP contribution in [0.3, 0.4) is 0 Å². The molecule has 0 radical (unpaired) electrons. The van der Waals surface area contributed by atoms with E-state index in [-0.39, 0.29) is 18.9 Å². The number of hydrogen-bond donors (Lipinski definition) is 1. The zero-order valence-electron chi connectivity index (χ0n) is 14.6. The van der Waals surface area contributed by atoms with E-state index in [0.717, 1.165) is 0 Å². The standard InChI is InChI=1S/C18H19N3O5/c1-3-25-16-10-13(5-6-15(16)26-11-17(22)23)9-14-12(2)20-21(18(14)24)8-4-7-19/h5-6,9-10H,3-4,8,11H2,1-2H3,(H,22,23). The predicted molar refractivity (Wildman–Crippen MR) is 93.8 cm³/mol. The SMILES string of the molecule is CCOc1cc(C=C2C(=O)N(CCC#N)N=C2C)ccc1OCC(=O)O. The molecule has 1 aliphatic heterocycles. The molecule has 8 nitrogen and oxygen atoms in total. The van der Waals surface area contributed by atoms with Crippen molar-refractivity contribution >= 4 is 23.7 Å². The largest absolute Gasteiger partial charge is 0.490 e. The van der Waals surface area contributed by atoms with Crippen molar-refractivity contribution in [1.29, 1.82) is 5.26 Å². The fraction of sp³-hybridized carbons (Fsp3) is 0.333. The molecule has 0 spiro atoms. The second-order valence-electron chi connectivity index (χ2n) is 5.40. The zero-order valence-corrected chi connectivity index (χ0v) is 14.6. The Hall–Kier alpha value is -3.34.